The van der Waals surface area contributed by atoms with Crippen molar-refractivity contribution in [2.24, 2.45) is 5.92 Å². The van der Waals surface area contributed by atoms with E-state index in [0.29, 0.717) is 13.0 Å². The third-order valence-electron chi connectivity index (χ3n) is 4.32. The molecule has 2 atom stereocenters. The Morgan fingerprint density at radius 2 is 1.96 bits per heavy atom. The highest BCUT2D eigenvalue weighted by molar-refractivity contribution is 5.89. The summed E-state index contributed by atoms with van der Waals surface area (Å²) in [5, 5.41) is 11.9. The summed E-state index contributed by atoms with van der Waals surface area (Å²) in [5.41, 5.74) is 0.872. The minimum Gasteiger partial charge on any atom is -0.481 e. The Morgan fingerprint density at radius 1 is 1.29 bits per heavy atom. The second-order valence-corrected chi connectivity index (χ2v) is 6.45. The maximum Gasteiger partial charge on any atom is 0.303 e. The summed E-state index contributed by atoms with van der Waals surface area (Å²) in [6.07, 6.45) is 0.506. The van der Waals surface area contributed by atoms with Crippen LogP contribution in [0.25, 0.3) is 0 Å². The largest absolute Gasteiger partial charge is 0.481 e. The third-order valence-corrected chi connectivity index (χ3v) is 4.32. The van der Waals surface area contributed by atoms with E-state index < -0.39 is 5.97 Å². The van der Waals surface area contributed by atoms with Gasteiger partial charge in [0.05, 0.1) is 12.0 Å². The number of hydrogen-bond acceptors (Lipinski definition) is 3. The molecule has 1 heterocycles. The van der Waals surface area contributed by atoms with Gasteiger partial charge in [0.25, 0.3) is 0 Å². The first-order valence-electron chi connectivity index (χ1n) is 8.25. The molecule has 0 saturated carbocycles. The maximum absolute atomic E-state index is 12.6. The minimum absolute atomic E-state index is 0.00746. The van der Waals surface area contributed by atoms with Crippen molar-refractivity contribution in [3.63, 3.8) is 0 Å². The van der Waals surface area contributed by atoms with E-state index in [1.54, 1.807) is 4.90 Å². The van der Waals surface area contributed by atoms with E-state index in [-0.39, 0.29) is 42.7 Å². The van der Waals surface area contributed by atoms with Gasteiger partial charge in [0.15, 0.2) is 0 Å². The van der Waals surface area contributed by atoms with E-state index in [1.807, 2.05) is 44.2 Å². The van der Waals surface area contributed by atoms with E-state index in [4.69, 9.17) is 5.11 Å². The number of carbonyl (C=O) groups is 3. The van der Waals surface area contributed by atoms with Crippen molar-refractivity contribution in [3.8, 4) is 0 Å². The highest BCUT2D eigenvalue weighted by Gasteiger charge is 2.36. The second kappa shape index (κ2) is 7.95. The zero-order chi connectivity index (χ0) is 17.7. The Balaban J connectivity index is 2.05. The van der Waals surface area contributed by atoms with E-state index >= 15 is 0 Å². The van der Waals surface area contributed by atoms with Crippen molar-refractivity contribution in [2.45, 2.75) is 45.2 Å². The number of nitrogens with zero attached hydrogens (tertiary/aromatic N) is 1. The molecule has 0 radical (unpaired) electrons. The van der Waals surface area contributed by atoms with Gasteiger partial charge in [-0.1, -0.05) is 30.3 Å². The number of aliphatic carboxylic acids is 1. The molecule has 2 rings (SSSR count). The van der Waals surface area contributed by atoms with Gasteiger partial charge in [-0.25, -0.2) is 0 Å². The van der Waals surface area contributed by atoms with Gasteiger partial charge >= 0.3 is 5.97 Å². The van der Waals surface area contributed by atoms with Crippen LogP contribution < -0.4 is 5.32 Å². The number of hydrogen-bond donors (Lipinski definition) is 2. The van der Waals surface area contributed by atoms with Gasteiger partial charge in [0, 0.05) is 25.4 Å². The number of amides is 2. The lowest BCUT2D eigenvalue weighted by Crippen LogP contribution is -2.37. The van der Waals surface area contributed by atoms with Gasteiger partial charge in [-0.3, -0.25) is 14.4 Å². The molecule has 0 aliphatic carbocycles. The van der Waals surface area contributed by atoms with Crippen LogP contribution >= 0.6 is 0 Å². The average molecular weight is 332 g/mol. The van der Waals surface area contributed by atoms with Gasteiger partial charge in [-0.2, -0.15) is 0 Å². The predicted molar refractivity (Wildman–Crippen MR) is 89.2 cm³/mol. The molecule has 6 heteroatoms. The Hall–Kier alpha value is -2.37. The van der Waals surface area contributed by atoms with Crippen LogP contribution in [0.3, 0.4) is 0 Å². The fourth-order valence-corrected chi connectivity index (χ4v) is 2.97. The first kappa shape index (κ1) is 18.0. The lowest BCUT2D eigenvalue weighted by atomic mass is 10.00. The summed E-state index contributed by atoms with van der Waals surface area (Å²) >= 11 is 0. The van der Waals surface area contributed by atoms with Crippen LogP contribution in [0.5, 0.6) is 0 Å². The lowest BCUT2D eigenvalue weighted by molar-refractivity contribution is -0.137. The van der Waals surface area contributed by atoms with Crippen molar-refractivity contribution < 1.29 is 19.5 Å². The van der Waals surface area contributed by atoms with Crippen LogP contribution in [-0.4, -0.2) is 40.4 Å². The van der Waals surface area contributed by atoms with E-state index in [0.717, 1.165) is 5.56 Å². The smallest absolute Gasteiger partial charge is 0.303 e. The molecular weight excluding hydrogens is 308 g/mol. The van der Waals surface area contributed by atoms with E-state index in [1.165, 1.54) is 0 Å². The topological polar surface area (TPSA) is 86.7 Å². The number of nitrogens with one attached hydrogen (secondary N) is 1. The summed E-state index contributed by atoms with van der Waals surface area (Å²) in [4.78, 5) is 37.1. The van der Waals surface area contributed by atoms with Crippen molar-refractivity contribution in [2.75, 3.05) is 6.54 Å². The van der Waals surface area contributed by atoms with Crippen LogP contribution in [0.4, 0.5) is 0 Å². The van der Waals surface area contributed by atoms with Crippen molar-refractivity contribution in [3.05, 3.63) is 35.9 Å². The fraction of sp³-hybridized carbons (Fsp3) is 0.500. The molecule has 1 aliphatic rings. The monoisotopic (exact) mass is 332 g/mol. The zero-order valence-electron chi connectivity index (χ0n) is 14.1. The number of carboxylic acids is 1. The fourth-order valence-electron chi connectivity index (χ4n) is 2.97. The van der Waals surface area contributed by atoms with Gasteiger partial charge < -0.3 is 15.3 Å². The Bertz CT molecular complexity index is 600. The summed E-state index contributed by atoms with van der Waals surface area (Å²) < 4.78 is 0. The number of benzene rings is 1. The minimum atomic E-state index is -0.896. The molecule has 2 N–H and O–H groups in total. The second-order valence-electron chi connectivity index (χ2n) is 6.45. The van der Waals surface area contributed by atoms with Crippen LogP contribution in [0.1, 0.15) is 44.7 Å². The molecule has 1 fully saturated rings. The average Bonchev–Trinajstić information content (AvgIpc) is 2.94. The zero-order valence-corrected chi connectivity index (χ0v) is 14.1. The SMILES string of the molecule is CC(C)N1C[C@H](C(=O)N[C@@H](CCC(=O)O)c2ccccc2)CC1=O. The van der Waals surface area contributed by atoms with Gasteiger partial charge in [-0.05, 0) is 25.8 Å². The molecule has 0 aromatic heterocycles. The van der Waals surface area contributed by atoms with Crippen LogP contribution in [-0.2, 0) is 14.4 Å². The lowest BCUT2D eigenvalue weighted by Gasteiger charge is -2.22. The maximum atomic E-state index is 12.6. The van der Waals surface area contributed by atoms with Gasteiger partial charge in [-0.15, -0.1) is 0 Å². The van der Waals surface area contributed by atoms with Crippen LogP contribution in [0.15, 0.2) is 30.3 Å². The van der Waals surface area contributed by atoms with Crippen molar-refractivity contribution >= 4 is 17.8 Å². The highest BCUT2D eigenvalue weighted by Crippen LogP contribution is 2.23. The molecule has 24 heavy (non-hydrogen) atoms. The van der Waals surface area contributed by atoms with Crippen LogP contribution in [0.2, 0.25) is 0 Å². The Kier molecular flexibility index (Phi) is 5.95. The molecule has 6 nitrogen and oxygen atoms in total. The molecule has 2 amide bonds. The highest BCUT2D eigenvalue weighted by atomic mass is 16.4. The number of rotatable bonds is 7. The van der Waals surface area contributed by atoms with Crippen LogP contribution in [0, 0.1) is 5.92 Å². The van der Waals surface area contributed by atoms with Gasteiger partial charge in [0.2, 0.25) is 11.8 Å². The normalized spacial score (nSPS) is 18.7. The predicted octanol–water partition coefficient (Wildman–Crippen LogP) is 1.97. The number of likely N-dealkylation sites (tertiary alicyclic amines) is 1. The third kappa shape index (κ3) is 4.57. The standard InChI is InChI=1S/C18H24N2O4/c1-12(2)20-11-14(10-16(20)21)18(24)19-15(8-9-17(22)23)13-6-4-3-5-7-13/h3-7,12,14-15H,8-11H2,1-2H3,(H,19,24)(H,22,23)/t14-,15+/m1/s1. The molecular formula is C18H24N2O4. The Morgan fingerprint density at radius 3 is 2.50 bits per heavy atom. The quantitative estimate of drug-likeness (QED) is 0.799. The number of carbonyl (C=O) groups excluding carboxylic acids is 2. The van der Waals surface area contributed by atoms with Crippen molar-refractivity contribution in [1.29, 1.82) is 0 Å². The molecule has 1 aromatic rings. The van der Waals surface area contributed by atoms with Gasteiger partial charge in [0.1, 0.15) is 0 Å². The summed E-state index contributed by atoms with van der Waals surface area (Å²) in [7, 11) is 0. The molecule has 0 bridgehead atoms. The molecule has 130 valence electrons. The molecule has 0 unspecified atom stereocenters. The number of carboxylic acid groups (broad SMARTS) is 1. The Labute approximate surface area is 141 Å². The van der Waals surface area contributed by atoms with E-state index in [9.17, 15) is 14.4 Å². The van der Waals surface area contributed by atoms with E-state index in [2.05, 4.69) is 5.32 Å². The summed E-state index contributed by atoms with van der Waals surface area (Å²) in [6, 6.07) is 9.03. The first-order valence-corrected chi connectivity index (χ1v) is 8.25. The molecule has 1 saturated heterocycles. The molecule has 0 spiro atoms. The molecule has 1 aliphatic heterocycles. The summed E-state index contributed by atoms with van der Waals surface area (Å²) in [5.74, 6) is -1.47. The molecule has 1 aromatic carbocycles. The summed E-state index contributed by atoms with van der Waals surface area (Å²) in [6.45, 7) is 4.28. The first-order chi connectivity index (χ1) is 11.4. The van der Waals surface area contributed by atoms with Crippen molar-refractivity contribution in [1.82, 2.24) is 10.2 Å².